The molecule has 140 valence electrons. The van der Waals surface area contributed by atoms with E-state index in [4.69, 9.17) is 10.2 Å². The minimum absolute atomic E-state index is 0.882. The third-order valence-corrected chi connectivity index (χ3v) is 3.03. The number of imidazole rings is 1. The molecular formula is C21H34N2O2. The van der Waals surface area contributed by atoms with Gasteiger partial charge < -0.3 is 14.8 Å². The first-order valence-electron chi connectivity index (χ1n) is 8.70. The van der Waals surface area contributed by atoms with Gasteiger partial charge in [-0.15, -0.1) is 0 Å². The van der Waals surface area contributed by atoms with E-state index in [1.54, 1.807) is 0 Å². The summed E-state index contributed by atoms with van der Waals surface area (Å²) in [5, 5.41) is 14.0. The Labute approximate surface area is 152 Å². The second-order valence-electron chi connectivity index (χ2n) is 4.22. The minimum atomic E-state index is 0.882. The fourth-order valence-electron chi connectivity index (χ4n) is 2.16. The van der Waals surface area contributed by atoms with Crippen molar-refractivity contribution in [2.45, 2.75) is 41.2 Å². The Hall–Kier alpha value is -2.17. The van der Waals surface area contributed by atoms with Crippen molar-refractivity contribution in [3.05, 3.63) is 66.0 Å². The van der Waals surface area contributed by atoms with Crippen molar-refractivity contribution in [2.24, 2.45) is 0 Å². The maximum absolute atomic E-state index is 7.00. The molecule has 0 saturated carbocycles. The van der Waals surface area contributed by atoms with Gasteiger partial charge in [-0.1, -0.05) is 70.2 Å². The number of aliphatic hydroxyl groups excluding tert-OH is 2. The van der Waals surface area contributed by atoms with E-state index in [0.717, 1.165) is 32.1 Å². The zero-order valence-electron chi connectivity index (χ0n) is 16.7. The van der Waals surface area contributed by atoms with Crippen LogP contribution in [0.25, 0.3) is 11.0 Å². The van der Waals surface area contributed by atoms with Crippen LogP contribution < -0.4 is 0 Å². The molecule has 4 heteroatoms. The van der Waals surface area contributed by atoms with Crippen LogP contribution in [0, 0.1) is 6.92 Å². The molecule has 3 aromatic rings. The van der Waals surface area contributed by atoms with Gasteiger partial charge in [-0.3, -0.25) is 0 Å². The molecule has 1 aromatic heterocycles. The topological polar surface area (TPSA) is 58.3 Å². The lowest BCUT2D eigenvalue weighted by atomic mass is 10.2. The normalized spacial score (nSPS) is 8.36. The molecular weight excluding hydrogens is 312 g/mol. The highest BCUT2D eigenvalue weighted by atomic mass is 16.2. The predicted molar refractivity (Wildman–Crippen MR) is 109 cm³/mol. The fraction of sp³-hybridized carbons (Fsp3) is 0.381. The van der Waals surface area contributed by atoms with Crippen LogP contribution >= 0.6 is 0 Å². The smallest absolute Gasteiger partial charge is 0.107 e. The SMILES string of the molecule is CC.CC.CO.CO.Cc1nc2ccccc2n1Cc1ccccc1. The maximum Gasteiger partial charge on any atom is 0.107 e. The molecule has 1 heterocycles. The summed E-state index contributed by atoms with van der Waals surface area (Å²) in [6.07, 6.45) is 0. The average Bonchev–Trinajstić information content (AvgIpc) is 3.04. The second-order valence-corrected chi connectivity index (χ2v) is 4.22. The number of hydrogen-bond donors (Lipinski definition) is 2. The predicted octanol–water partition coefficient (Wildman–Crippen LogP) is 4.66. The summed E-state index contributed by atoms with van der Waals surface area (Å²) in [6, 6.07) is 18.8. The summed E-state index contributed by atoms with van der Waals surface area (Å²) >= 11 is 0. The van der Waals surface area contributed by atoms with Crippen LogP contribution in [0.1, 0.15) is 39.1 Å². The molecule has 0 radical (unpaired) electrons. The van der Waals surface area contributed by atoms with Crippen molar-refractivity contribution in [3.63, 3.8) is 0 Å². The van der Waals surface area contributed by atoms with Crippen LogP contribution in [0.5, 0.6) is 0 Å². The van der Waals surface area contributed by atoms with Crippen LogP contribution in [0.3, 0.4) is 0 Å². The Morgan fingerprint density at radius 3 is 1.80 bits per heavy atom. The number of nitrogens with zero attached hydrogens (tertiary/aromatic N) is 2. The van der Waals surface area contributed by atoms with E-state index in [1.807, 2.05) is 39.8 Å². The van der Waals surface area contributed by atoms with Gasteiger partial charge in [-0.2, -0.15) is 0 Å². The summed E-state index contributed by atoms with van der Waals surface area (Å²) in [5.74, 6) is 1.06. The van der Waals surface area contributed by atoms with Gasteiger partial charge in [0.05, 0.1) is 11.0 Å². The number of benzene rings is 2. The molecule has 0 amide bonds. The van der Waals surface area contributed by atoms with Gasteiger partial charge in [-0.05, 0) is 24.6 Å². The van der Waals surface area contributed by atoms with Crippen LogP contribution in [0.2, 0.25) is 0 Å². The molecule has 0 spiro atoms. The second kappa shape index (κ2) is 16.7. The highest BCUT2D eigenvalue weighted by molar-refractivity contribution is 5.75. The first-order chi connectivity index (χ1) is 12.3. The molecule has 0 aliphatic heterocycles. The highest BCUT2D eigenvalue weighted by Crippen LogP contribution is 2.17. The molecule has 4 nitrogen and oxygen atoms in total. The molecule has 0 aliphatic carbocycles. The van der Waals surface area contributed by atoms with Gasteiger partial charge in [0.25, 0.3) is 0 Å². The molecule has 0 aliphatic rings. The summed E-state index contributed by atoms with van der Waals surface area (Å²) in [4.78, 5) is 4.57. The van der Waals surface area contributed by atoms with E-state index in [9.17, 15) is 0 Å². The number of aliphatic hydroxyl groups is 2. The van der Waals surface area contributed by atoms with Crippen molar-refractivity contribution in [2.75, 3.05) is 14.2 Å². The van der Waals surface area contributed by atoms with E-state index in [-0.39, 0.29) is 0 Å². The summed E-state index contributed by atoms with van der Waals surface area (Å²) in [6.45, 7) is 10.9. The van der Waals surface area contributed by atoms with Crippen LogP contribution in [-0.2, 0) is 6.54 Å². The monoisotopic (exact) mass is 346 g/mol. The Balaban J connectivity index is 0. The van der Waals surface area contributed by atoms with Crippen molar-refractivity contribution < 1.29 is 10.2 Å². The van der Waals surface area contributed by atoms with Gasteiger partial charge in [0.1, 0.15) is 5.82 Å². The van der Waals surface area contributed by atoms with Crippen LogP contribution in [0.4, 0.5) is 0 Å². The first kappa shape index (κ1) is 25.1. The fourth-order valence-corrected chi connectivity index (χ4v) is 2.16. The van der Waals surface area contributed by atoms with E-state index in [1.165, 1.54) is 11.1 Å². The van der Waals surface area contributed by atoms with Gasteiger partial charge in [0.2, 0.25) is 0 Å². The Bertz CT molecular complexity index is 649. The third kappa shape index (κ3) is 7.96. The molecule has 3 rings (SSSR count). The molecule has 2 N–H and O–H groups in total. The lowest BCUT2D eigenvalue weighted by Crippen LogP contribution is -2.01. The molecule has 25 heavy (non-hydrogen) atoms. The van der Waals surface area contributed by atoms with E-state index in [2.05, 4.69) is 58.9 Å². The Morgan fingerprint density at radius 2 is 1.24 bits per heavy atom. The van der Waals surface area contributed by atoms with Gasteiger partial charge in [-0.25, -0.2) is 4.98 Å². The number of para-hydroxylation sites is 2. The standard InChI is InChI=1S/C15H14N2.2C2H6.2CH4O/c1-12-16-14-9-5-6-10-15(14)17(12)11-13-7-3-2-4-8-13;4*1-2/h2-10H,11H2,1H3;2*1-2H3;2*2H,1H3. The molecule has 0 bridgehead atoms. The van der Waals surface area contributed by atoms with Crippen molar-refractivity contribution >= 4 is 11.0 Å². The number of aryl methyl sites for hydroxylation is 1. The van der Waals surface area contributed by atoms with Crippen LogP contribution in [0.15, 0.2) is 54.6 Å². The number of rotatable bonds is 2. The van der Waals surface area contributed by atoms with Crippen LogP contribution in [-0.4, -0.2) is 34.0 Å². The number of aromatic nitrogens is 2. The minimum Gasteiger partial charge on any atom is -0.400 e. The summed E-state index contributed by atoms with van der Waals surface area (Å²) in [5.41, 5.74) is 3.58. The van der Waals surface area contributed by atoms with E-state index in [0.29, 0.717) is 0 Å². The average molecular weight is 347 g/mol. The maximum atomic E-state index is 7.00. The molecule has 2 aromatic carbocycles. The van der Waals surface area contributed by atoms with Gasteiger partial charge in [0.15, 0.2) is 0 Å². The zero-order valence-corrected chi connectivity index (χ0v) is 16.7. The lowest BCUT2D eigenvalue weighted by molar-refractivity contribution is 0.399. The third-order valence-electron chi connectivity index (χ3n) is 3.03. The van der Waals surface area contributed by atoms with Gasteiger partial charge in [0, 0.05) is 20.8 Å². The molecule has 0 saturated heterocycles. The number of fused-ring (bicyclic) bond motifs is 1. The highest BCUT2D eigenvalue weighted by Gasteiger charge is 2.06. The Kier molecular flexibility index (Phi) is 16.7. The summed E-state index contributed by atoms with van der Waals surface area (Å²) < 4.78 is 2.25. The summed E-state index contributed by atoms with van der Waals surface area (Å²) in [7, 11) is 2.00. The molecule has 0 fully saturated rings. The zero-order chi connectivity index (χ0) is 19.7. The van der Waals surface area contributed by atoms with Crippen molar-refractivity contribution in [1.29, 1.82) is 0 Å². The largest absolute Gasteiger partial charge is 0.400 e. The lowest BCUT2D eigenvalue weighted by Gasteiger charge is -2.06. The molecule has 0 atom stereocenters. The quantitative estimate of drug-likeness (QED) is 0.709. The number of hydrogen-bond acceptors (Lipinski definition) is 3. The molecule has 0 unspecified atom stereocenters. The van der Waals surface area contributed by atoms with E-state index >= 15 is 0 Å². The van der Waals surface area contributed by atoms with E-state index < -0.39 is 0 Å². The van der Waals surface area contributed by atoms with Gasteiger partial charge >= 0.3 is 0 Å². The van der Waals surface area contributed by atoms with Crippen molar-refractivity contribution in [3.8, 4) is 0 Å². The Morgan fingerprint density at radius 1 is 0.760 bits per heavy atom. The van der Waals surface area contributed by atoms with Crippen molar-refractivity contribution in [1.82, 2.24) is 9.55 Å². The first-order valence-corrected chi connectivity index (χ1v) is 8.70.